The average Bonchev–Trinajstić information content (AvgIpc) is 2.76. The van der Waals surface area contributed by atoms with E-state index in [1.165, 1.54) is 0 Å². The zero-order valence-electron chi connectivity index (χ0n) is 8.07. The van der Waals surface area contributed by atoms with Gasteiger partial charge in [0.25, 0.3) is 0 Å². The summed E-state index contributed by atoms with van der Waals surface area (Å²) in [6, 6.07) is 0. The minimum Gasteiger partial charge on any atom is -0.227 e. The van der Waals surface area contributed by atoms with Gasteiger partial charge in [-0.15, -0.1) is 0 Å². The first kappa shape index (κ1) is 9.72. The zero-order chi connectivity index (χ0) is 9.80. The fraction of sp³-hybridized carbons (Fsp3) is 0.600. The Morgan fingerprint density at radius 3 is 1.86 bits per heavy atom. The van der Waals surface area contributed by atoms with E-state index in [2.05, 4.69) is 0 Å². The normalized spacial score (nSPS) is 20.3. The van der Waals surface area contributed by atoms with Crippen molar-refractivity contribution in [3.05, 3.63) is 23.7 Å². The highest BCUT2D eigenvalue weighted by atomic mass is 31.1. The van der Waals surface area contributed by atoms with Crippen LogP contribution in [-0.2, 0) is 13.6 Å². The van der Waals surface area contributed by atoms with Gasteiger partial charge in [-0.3, -0.25) is 0 Å². The topological polar surface area (TPSA) is 35.5 Å². The molecule has 0 N–H and O–H groups in total. The first-order valence-corrected chi connectivity index (χ1v) is 6.15. The van der Waals surface area contributed by atoms with Crippen LogP contribution in [0.15, 0.2) is 23.7 Å². The molecule has 2 aliphatic rings. The molecule has 4 heteroatoms. The Bertz CT molecular complexity index is 266. The zero-order valence-corrected chi connectivity index (χ0v) is 8.96. The molecule has 76 valence electrons. The largest absolute Gasteiger partial charge is 0.804 e. The highest BCUT2D eigenvalue weighted by molar-refractivity contribution is 7.33. The summed E-state index contributed by atoms with van der Waals surface area (Å²) in [5, 5.41) is 0. The van der Waals surface area contributed by atoms with Gasteiger partial charge in [0, 0.05) is 17.4 Å². The summed E-state index contributed by atoms with van der Waals surface area (Å²) in [7, 11) is -1.99. The van der Waals surface area contributed by atoms with E-state index in [9.17, 15) is 4.57 Å². The van der Waals surface area contributed by atoms with Crippen LogP contribution in [0.3, 0.4) is 0 Å². The Kier molecular flexibility index (Phi) is 3.20. The van der Waals surface area contributed by atoms with Crippen LogP contribution in [0.4, 0.5) is 0 Å². The lowest BCUT2D eigenvalue weighted by atomic mass is 10.4. The van der Waals surface area contributed by atoms with Gasteiger partial charge in [0.2, 0.25) is 0 Å². The molecule has 0 unspecified atom stereocenters. The van der Waals surface area contributed by atoms with Crippen LogP contribution < -0.4 is 0 Å². The first-order chi connectivity index (χ1) is 6.84. The Balaban J connectivity index is 1.78. The third-order valence-corrected chi connectivity index (χ3v) is 3.15. The quantitative estimate of drug-likeness (QED) is 0.666. The number of hydrogen-bond acceptors (Lipinski definition) is 3. The van der Waals surface area contributed by atoms with E-state index in [0.717, 1.165) is 50.0 Å². The van der Waals surface area contributed by atoms with E-state index in [1.54, 1.807) is 0 Å². The van der Waals surface area contributed by atoms with Crippen LogP contribution >= 0.6 is 8.25 Å². The summed E-state index contributed by atoms with van der Waals surface area (Å²) in [5.41, 5.74) is 0. The standard InChI is InChI=1S/C10H14O3P/c11-14(12-9-5-1-2-6-9)13-10-7-3-4-8-10/h5,7H,1-4,6,8H2/q+1. The van der Waals surface area contributed by atoms with Crippen LogP contribution in [0.5, 0.6) is 0 Å². The van der Waals surface area contributed by atoms with Crippen molar-refractivity contribution in [3.8, 4) is 0 Å². The molecule has 0 heterocycles. The minimum absolute atomic E-state index is 0.824. The van der Waals surface area contributed by atoms with Crippen LogP contribution in [-0.4, -0.2) is 0 Å². The number of hydrogen-bond donors (Lipinski definition) is 0. The van der Waals surface area contributed by atoms with Crippen molar-refractivity contribution >= 4 is 8.25 Å². The molecule has 0 atom stereocenters. The third kappa shape index (κ3) is 2.58. The summed E-state index contributed by atoms with van der Waals surface area (Å²) in [6.07, 6.45) is 10.0. The highest BCUT2D eigenvalue weighted by Gasteiger charge is 2.28. The van der Waals surface area contributed by atoms with Crippen molar-refractivity contribution in [2.75, 3.05) is 0 Å². The van der Waals surface area contributed by atoms with E-state index in [4.69, 9.17) is 9.05 Å². The molecule has 0 aliphatic heterocycles. The molecule has 0 aromatic carbocycles. The lowest BCUT2D eigenvalue weighted by molar-refractivity contribution is 0.306. The molecule has 0 fully saturated rings. The lowest BCUT2D eigenvalue weighted by Crippen LogP contribution is -1.84. The van der Waals surface area contributed by atoms with E-state index in [-0.39, 0.29) is 0 Å². The summed E-state index contributed by atoms with van der Waals surface area (Å²) in [6.45, 7) is 0. The van der Waals surface area contributed by atoms with Gasteiger partial charge in [0.1, 0.15) is 0 Å². The Morgan fingerprint density at radius 2 is 1.50 bits per heavy atom. The van der Waals surface area contributed by atoms with E-state index >= 15 is 0 Å². The maximum Gasteiger partial charge on any atom is 0.804 e. The fourth-order valence-electron chi connectivity index (χ4n) is 1.66. The molecular formula is C10H14O3P+. The molecule has 0 aromatic rings. The molecule has 0 saturated heterocycles. The summed E-state index contributed by atoms with van der Waals surface area (Å²) >= 11 is 0. The third-order valence-electron chi connectivity index (χ3n) is 2.38. The predicted octanol–water partition coefficient (Wildman–Crippen LogP) is 3.81. The predicted molar refractivity (Wildman–Crippen MR) is 53.6 cm³/mol. The SMILES string of the molecule is O=[P+](OC1=CCCC1)OC1=CCCC1. The molecule has 0 aromatic heterocycles. The second-order valence-electron chi connectivity index (χ2n) is 3.53. The van der Waals surface area contributed by atoms with Gasteiger partial charge >= 0.3 is 8.25 Å². The second kappa shape index (κ2) is 4.61. The fourth-order valence-corrected chi connectivity index (χ4v) is 2.41. The monoisotopic (exact) mass is 213 g/mol. The van der Waals surface area contributed by atoms with Crippen molar-refractivity contribution < 1.29 is 13.6 Å². The highest BCUT2D eigenvalue weighted by Crippen LogP contribution is 2.37. The molecule has 0 bridgehead atoms. The molecule has 2 aliphatic carbocycles. The summed E-state index contributed by atoms with van der Waals surface area (Å²) in [5.74, 6) is 1.65. The first-order valence-electron chi connectivity index (χ1n) is 5.06. The Morgan fingerprint density at radius 1 is 1.00 bits per heavy atom. The molecule has 0 amide bonds. The van der Waals surface area contributed by atoms with Gasteiger partial charge in [-0.1, -0.05) is 0 Å². The smallest absolute Gasteiger partial charge is 0.227 e. The summed E-state index contributed by atoms with van der Waals surface area (Å²) in [4.78, 5) is 0. The van der Waals surface area contributed by atoms with Gasteiger partial charge in [0.05, 0.1) is 0 Å². The average molecular weight is 213 g/mol. The van der Waals surface area contributed by atoms with Crippen LogP contribution in [0.1, 0.15) is 38.5 Å². The number of rotatable bonds is 4. The van der Waals surface area contributed by atoms with Crippen molar-refractivity contribution in [2.24, 2.45) is 0 Å². The van der Waals surface area contributed by atoms with E-state index in [0.29, 0.717) is 0 Å². The van der Waals surface area contributed by atoms with E-state index in [1.807, 2.05) is 12.2 Å². The Labute approximate surface area is 84.7 Å². The van der Waals surface area contributed by atoms with Crippen LogP contribution in [0.2, 0.25) is 0 Å². The summed E-state index contributed by atoms with van der Waals surface area (Å²) < 4.78 is 21.7. The van der Waals surface area contributed by atoms with Gasteiger partial charge in [-0.25, -0.2) is 9.05 Å². The maximum absolute atomic E-state index is 11.4. The molecule has 2 rings (SSSR count). The van der Waals surface area contributed by atoms with Gasteiger partial charge in [-0.05, 0) is 37.8 Å². The van der Waals surface area contributed by atoms with Gasteiger partial charge in [-0.2, -0.15) is 0 Å². The molecule has 14 heavy (non-hydrogen) atoms. The lowest BCUT2D eigenvalue weighted by Gasteiger charge is -1.93. The van der Waals surface area contributed by atoms with Crippen molar-refractivity contribution in [3.63, 3.8) is 0 Å². The Hall–Kier alpha value is -0.820. The van der Waals surface area contributed by atoms with Gasteiger partial charge in [0.15, 0.2) is 11.5 Å². The van der Waals surface area contributed by atoms with Crippen LogP contribution in [0.25, 0.3) is 0 Å². The number of allylic oxidation sites excluding steroid dienone is 4. The molecule has 0 radical (unpaired) electrons. The molecular weight excluding hydrogens is 199 g/mol. The molecule has 3 nitrogen and oxygen atoms in total. The van der Waals surface area contributed by atoms with Gasteiger partial charge < -0.3 is 0 Å². The maximum atomic E-state index is 11.4. The second-order valence-corrected chi connectivity index (χ2v) is 4.34. The molecule has 0 spiro atoms. The van der Waals surface area contributed by atoms with Crippen molar-refractivity contribution in [2.45, 2.75) is 38.5 Å². The molecule has 0 saturated carbocycles. The van der Waals surface area contributed by atoms with Crippen molar-refractivity contribution in [1.82, 2.24) is 0 Å². The van der Waals surface area contributed by atoms with Crippen LogP contribution in [0, 0.1) is 0 Å². The van der Waals surface area contributed by atoms with Crippen molar-refractivity contribution in [1.29, 1.82) is 0 Å². The minimum atomic E-state index is -1.99. The van der Waals surface area contributed by atoms with E-state index < -0.39 is 8.25 Å².